The zero-order valence-corrected chi connectivity index (χ0v) is 9.92. The van der Waals surface area contributed by atoms with E-state index in [0.29, 0.717) is 11.4 Å². The molecule has 0 radical (unpaired) electrons. The Kier molecular flexibility index (Phi) is 3.00. The van der Waals surface area contributed by atoms with Crippen LogP contribution in [0.1, 0.15) is 11.1 Å². The van der Waals surface area contributed by atoms with Crippen molar-refractivity contribution in [2.45, 2.75) is 13.8 Å². The Labute approximate surface area is 100 Å². The predicted octanol–water partition coefficient (Wildman–Crippen LogP) is 3.77. The first-order valence-electron chi connectivity index (χ1n) is 5.45. The van der Waals surface area contributed by atoms with E-state index in [1.807, 2.05) is 32.0 Å². The van der Waals surface area contributed by atoms with Crippen LogP contribution in [0.5, 0.6) is 0 Å². The third kappa shape index (κ3) is 2.56. The van der Waals surface area contributed by atoms with Gasteiger partial charge in [-0.05, 0) is 49.2 Å². The van der Waals surface area contributed by atoms with Crippen LogP contribution in [0, 0.1) is 19.7 Å². The molecule has 0 aromatic heterocycles. The van der Waals surface area contributed by atoms with Crippen molar-refractivity contribution in [3.63, 3.8) is 0 Å². The smallest absolute Gasteiger partial charge is 0.127 e. The van der Waals surface area contributed by atoms with E-state index in [-0.39, 0.29) is 5.82 Å². The van der Waals surface area contributed by atoms with Crippen molar-refractivity contribution in [3.05, 3.63) is 53.3 Å². The molecule has 0 amide bonds. The molecular formula is C14H15FN2. The van der Waals surface area contributed by atoms with E-state index in [9.17, 15) is 4.39 Å². The van der Waals surface area contributed by atoms with Gasteiger partial charge < -0.3 is 11.1 Å². The Bertz CT molecular complexity index is 530. The van der Waals surface area contributed by atoms with E-state index < -0.39 is 0 Å². The van der Waals surface area contributed by atoms with Crippen LogP contribution in [-0.2, 0) is 0 Å². The fourth-order valence-corrected chi connectivity index (χ4v) is 1.73. The van der Waals surface area contributed by atoms with Crippen molar-refractivity contribution >= 4 is 17.1 Å². The SMILES string of the molecule is Cc1cccc(Nc2cc(N)cc(F)c2)c1C. The Morgan fingerprint density at radius 1 is 1.12 bits per heavy atom. The lowest BCUT2D eigenvalue weighted by Gasteiger charge is -2.12. The summed E-state index contributed by atoms with van der Waals surface area (Å²) in [6, 6.07) is 10.4. The third-order valence-electron chi connectivity index (χ3n) is 2.80. The zero-order chi connectivity index (χ0) is 12.4. The minimum absolute atomic E-state index is 0.335. The minimum atomic E-state index is -0.335. The maximum atomic E-state index is 13.2. The van der Waals surface area contributed by atoms with Gasteiger partial charge in [0.1, 0.15) is 5.82 Å². The van der Waals surface area contributed by atoms with Gasteiger partial charge in [0.15, 0.2) is 0 Å². The molecule has 0 bridgehead atoms. The lowest BCUT2D eigenvalue weighted by Crippen LogP contribution is -1.96. The summed E-state index contributed by atoms with van der Waals surface area (Å²) in [5, 5.41) is 3.17. The van der Waals surface area contributed by atoms with E-state index in [1.165, 1.54) is 17.7 Å². The van der Waals surface area contributed by atoms with Crippen molar-refractivity contribution in [2.24, 2.45) is 0 Å². The molecule has 0 saturated heterocycles. The molecule has 2 aromatic rings. The molecule has 2 aromatic carbocycles. The molecule has 0 aliphatic rings. The highest BCUT2D eigenvalue weighted by Gasteiger charge is 2.03. The Balaban J connectivity index is 2.34. The molecule has 88 valence electrons. The first-order valence-corrected chi connectivity index (χ1v) is 5.45. The number of nitrogens with two attached hydrogens (primary N) is 1. The molecule has 0 spiro atoms. The summed E-state index contributed by atoms with van der Waals surface area (Å²) in [4.78, 5) is 0. The maximum absolute atomic E-state index is 13.2. The van der Waals surface area contributed by atoms with Crippen LogP contribution in [0.4, 0.5) is 21.5 Å². The highest BCUT2D eigenvalue weighted by Crippen LogP contribution is 2.24. The largest absolute Gasteiger partial charge is 0.399 e. The summed E-state index contributed by atoms with van der Waals surface area (Å²) in [5.41, 5.74) is 9.99. The first-order chi connectivity index (χ1) is 8.06. The van der Waals surface area contributed by atoms with Gasteiger partial charge in [0, 0.05) is 17.1 Å². The molecule has 0 aliphatic heterocycles. The predicted molar refractivity (Wildman–Crippen MR) is 70.0 cm³/mol. The van der Waals surface area contributed by atoms with Crippen LogP contribution >= 0.6 is 0 Å². The van der Waals surface area contributed by atoms with Gasteiger partial charge in [0.25, 0.3) is 0 Å². The zero-order valence-electron chi connectivity index (χ0n) is 9.92. The fraction of sp³-hybridized carbons (Fsp3) is 0.143. The molecule has 0 aliphatic carbocycles. The number of rotatable bonds is 2. The Hall–Kier alpha value is -2.03. The molecule has 0 atom stereocenters. The number of nitrogens with one attached hydrogen (secondary N) is 1. The topological polar surface area (TPSA) is 38.0 Å². The summed E-state index contributed by atoms with van der Waals surface area (Å²) < 4.78 is 13.2. The van der Waals surface area contributed by atoms with E-state index in [1.54, 1.807) is 6.07 Å². The van der Waals surface area contributed by atoms with Gasteiger partial charge in [-0.25, -0.2) is 4.39 Å². The lowest BCUT2D eigenvalue weighted by molar-refractivity contribution is 0.629. The monoisotopic (exact) mass is 230 g/mol. The third-order valence-corrected chi connectivity index (χ3v) is 2.80. The van der Waals surface area contributed by atoms with Crippen molar-refractivity contribution in [1.82, 2.24) is 0 Å². The Morgan fingerprint density at radius 2 is 1.88 bits per heavy atom. The number of benzene rings is 2. The Morgan fingerprint density at radius 3 is 2.59 bits per heavy atom. The average Bonchev–Trinajstić information content (AvgIpc) is 2.23. The summed E-state index contributed by atoms with van der Waals surface area (Å²) in [7, 11) is 0. The average molecular weight is 230 g/mol. The van der Waals surface area contributed by atoms with Gasteiger partial charge in [-0.1, -0.05) is 12.1 Å². The second-order valence-electron chi connectivity index (χ2n) is 4.15. The quantitative estimate of drug-likeness (QED) is 0.771. The number of hydrogen-bond acceptors (Lipinski definition) is 2. The lowest BCUT2D eigenvalue weighted by atomic mass is 10.1. The standard InChI is InChI=1S/C14H15FN2/c1-9-4-3-5-14(10(9)2)17-13-7-11(15)6-12(16)8-13/h3-8,17H,16H2,1-2H3. The molecule has 17 heavy (non-hydrogen) atoms. The molecule has 0 fully saturated rings. The van der Waals surface area contributed by atoms with Crippen molar-refractivity contribution in [1.29, 1.82) is 0 Å². The van der Waals surface area contributed by atoms with Crippen LogP contribution in [0.2, 0.25) is 0 Å². The molecule has 2 rings (SSSR count). The number of hydrogen-bond donors (Lipinski definition) is 2. The van der Waals surface area contributed by atoms with Crippen LogP contribution in [-0.4, -0.2) is 0 Å². The molecule has 3 N–H and O–H groups in total. The van der Waals surface area contributed by atoms with Gasteiger partial charge >= 0.3 is 0 Å². The van der Waals surface area contributed by atoms with E-state index in [0.717, 1.165) is 11.3 Å². The molecule has 0 unspecified atom stereocenters. The molecule has 0 heterocycles. The van der Waals surface area contributed by atoms with Crippen molar-refractivity contribution < 1.29 is 4.39 Å². The maximum Gasteiger partial charge on any atom is 0.127 e. The van der Waals surface area contributed by atoms with E-state index in [2.05, 4.69) is 5.32 Å². The summed E-state index contributed by atoms with van der Waals surface area (Å²) >= 11 is 0. The van der Waals surface area contributed by atoms with Crippen LogP contribution in [0.15, 0.2) is 36.4 Å². The minimum Gasteiger partial charge on any atom is -0.399 e. The van der Waals surface area contributed by atoms with Gasteiger partial charge in [0.2, 0.25) is 0 Å². The summed E-state index contributed by atoms with van der Waals surface area (Å²) in [6.45, 7) is 4.07. The number of nitrogen functional groups attached to an aromatic ring is 1. The first kappa shape index (κ1) is 11.5. The highest BCUT2D eigenvalue weighted by molar-refractivity contribution is 5.67. The number of aryl methyl sites for hydroxylation is 1. The van der Waals surface area contributed by atoms with Crippen molar-refractivity contribution in [2.75, 3.05) is 11.1 Å². The van der Waals surface area contributed by atoms with E-state index in [4.69, 9.17) is 5.73 Å². The van der Waals surface area contributed by atoms with Gasteiger partial charge in [-0.3, -0.25) is 0 Å². The van der Waals surface area contributed by atoms with Gasteiger partial charge in [0.05, 0.1) is 0 Å². The highest BCUT2D eigenvalue weighted by atomic mass is 19.1. The van der Waals surface area contributed by atoms with E-state index >= 15 is 0 Å². The second-order valence-corrected chi connectivity index (χ2v) is 4.15. The molecule has 0 saturated carbocycles. The fourth-order valence-electron chi connectivity index (χ4n) is 1.73. The van der Waals surface area contributed by atoms with Gasteiger partial charge in [-0.2, -0.15) is 0 Å². The molecule has 2 nitrogen and oxygen atoms in total. The number of halogens is 1. The van der Waals surface area contributed by atoms with Crippen LogP contribution < -0.4 is 11.1 Å². The van der Waals surface area contributed by atoms with Crippen LogP contribution in [0.25, 0.3) is 0 Å². The second kappa shape index (κ2) is 4.45. The van der Waals surface area contributed by atoms with Crippen LogP contribution in [0.3, 0.4) is 0 Å². The molecule has 3 heteroatoms. The number of anilines is 3. The summed E-state index contributed by atoms with van der Waals surface area (Å²) in [6.07, 6.45) is 0. The normalized spacial score (nSPS) is 10.3. The summed E-state index contributed by atoms with van der Waals surface area (Å²) in [5.74, 6) is -0.335. The van der Waals surface area contributed by atoms with Crippen molar-refractivity contribution in [3.8, 4) is 0 Å². The molecular weight excluding hydrogens is 215 g/mol. The van der Waals surface area contributed by atoms with Gasteiger partial charge in [-0.15, -0.1) is 0 Å².